The maximum atomic E-state index is 11.0. The van der Waals surface area contributed by atoms with Gasteiger partial charge in [0.25, 0.3) is 0 Å². The van der Waals surface area contributed by atoms with Gasteiger partial charge in [0.1, 0.15) is 11.3 Å². The van der Waals surface area contributed by atoms with Crippen LogP contribution in [-0.4, -0.2) is 5.97 Å². The third kappa shape index (κ3) is 2.00. The van der Waals surface area contributed by atoms with Gasteiger partial charge in [-0.3, -0.25) is 0 Å². The highest BCUT2D eigenvalue weighted by atomic mass is 16.5. The van der Waals surface area contributed by atoms with E-state index in [0.717, 1.165) is 6.08 Å². The average Bonchev–Trinajstić information content (AvgIpc) is 2.29. The smallest absolute Gasteiger partial charge is 0.336 e. The van der Waals surface area contributed by atoms with Gasteiger partial charge in [-0.25, -0.2) is 9.59 Å². The van der Waals surface area contributed by atoms with E-state index in [-0.39, 0.29) is 0 Å². The number of carbonyl (C=O) groups is 1. The molecule has 1 heterocycles. The summed E-state index contributed by atoms with van der Waals surface area (Å²) in [7, 11) is 0. The molecule has 0 spiro atoms. The van der Waals surface area contributed by atoms with Crippen molar-refractivity contribution in [3.63, 3.8) is 0 Å². The lowest BCUT2D eigenvalue weighted by atomic mass is 10.2. The summed E-state index contributed by atoms with van der Waals surface area (Å²) in [5.41, 5.74) is 0.0363. The minimum Gasteiger partial charge on any atom is -0.423 e. The zero-order valence-electron chi connectivity index (χ0n) is 8.30. The quantitative estimate of drug-likeness (QED) is 0.333. The van der Waals surface area contributed by atoms with E-state index in [1.165, 1.54) is 6.07 Å². The molecule has 0 aliphatic carbocycles. The number of carbonyl (C=O) groups excluding carboxylic acids is 1. The normalized spacial score (nSPS) is 10.0. The van der Waals surface area contributed by atoms with Crippen molar-refractivity contribution in [2.45, 2.75) is 0 Å². The van der Waals surface area contributed by atoms with E-state index in [9.17, 15) is 9.59 Å². The Morgan fingerprint density at radius 2 is 2.12 bits per heavy atom. The molecule has 0 atom stereocenters. The predicted octanol–water partition coefficient (Wildman–Crippen LogP) is 1.88. The molecule has 0 amide bonds. The molecule has 16 heavy (non-hydrogen) atoms. The second-order valence-corrected chi connectivity index (χ2v) is 3.08. The van der Waals surface area contributed by atoms with Crippen molar-refractivity contribution in [3.05, 3.63) is 53.4 Å². The van der Waals surface area contributed by atoms with Gasteiger partial charge in [0.15, 0.2) is 0 Å². The minimum absolute atomic E-state index is 0.381. The summed E-state index contributed by atoms with van der Waals surface area (Å²) in [5, 5.41) is 0.689. The second-order valence-electron chi connectivity index (χ2n) is 3.08. The molecule has 4 nitrogen and oxygen atoms in total. The van der Waals surface area contributed by atoms with Gasteiger partial charge in [0.05, 0.1) is 0 Å². The van der Waals surface area contributed by atoms with Crippen LogP contribution in [0.4, 0.5) is 0 Å². The summed E-state index contributed by atoms with van der Waals surface area (Å²) in [6.45, 7) is 3.30. The molecular weight excluding hydrogens is 208 g/mol. The fourth-order valence-corrected chi connectivity index (χ4v) is 1.27. The largest absolute Gasteiger partial charge is 0.423 e. The molecule has 80 valence electrons. The van der Waals surface area contributed by atoms with Gasteiger partial charge in [0.2, 0.25) is 0 Å². The molecule has 0 bridgehead atoms. The van der Waals surface area contributed by atoms with Crippen LogP contribution in [-0.2, 0) is 4.79 Å². The number of benzene rings is 1. The van der Waals surface area contributed by atoms with Crippen LogP contribution >= 0.6 is 0 Å². The number of hydrogen-bond donors (Lipinski definition) is 0. The molecule has 2 rings (SSSR count). The summed E-state index contributed by atoms with van der Waals surface area (Å²) in [6.07, 6.45) is 1.08. The fourth-order valence-electron chi connectivity index (χ4n) is 1.27. The van der Waals surface area contributed by atoms with Crippen LogP contribution in [0.25, 0.3) is 11.0 Å². The summed E-state index contributed by atoms with van der Waals surface area (Å²) >= 11 is 0. The zero-order valence-corrected chi connectivity index (χ0v) is 8.30. The van der Waals surface area contributed by atoms with Crippen molar-refractivity contribution in [1.29, 1.82) is 0 Å². The van der Waals surface area contributed by atoms with Crippen LogP contribution in [0.2, 0.25) is 0 Å². The summed E-state index contributed by atoms with van der Waals surface area (Å²) in [5.74, 6) is -0.150. The Kier molecular flexibility index (Phi) is 2.55. The van der Waals surface area contributed by atoms with E-state index < -0.39 is 11.6 Å². The van der Waals surface area contributed by atoms with Crippen molar-refractivity contribution in [2.24, 2.45) is 0 Å². The first-order chi connectivity index (χ1) is 7.69. The van der Waals surface area contributed by atoms with Crippen molar-refractivity contribution in [3.8, 4) is 5.75 Å². The van der Waals surface area contributed by atoms with E-state index in [1.54, 1.807) is 24.3 Å². The van der Waals surface area contributed by atoms with E-state index in [0.29, 0.717) is 16.7 Å². The van der Waals surface area contributed by atoms with Crippen molar-refractivity contribution in [1.82, 2.24) is 0 Å². The first kappa shape index (κ1) is 10.2. The minimum atomic E-state index is -0.531. The Morgan fingerprint density at radius 1 is 1.31 bits per heavy atom. The van der Waals surface area contributed by atoms with Gasteiger partial charge in [-0.1, -0.05) is 6.58 Å². The van der Waals surface area contributed by atoms with Crippen LogP contribution in [0.5, 0.6) is 5.75 Å². The van der Waals surface area contributed by atoms with Crippen LogP contribution < -0.4 is 10.4 Å². The van der Waals surface area contributed by atoms with Gasteiger partial charge < -0.3 is 9.15 Å². The molecule has 0 unspecified atom stereocenters. The molecular formula is C12H8O4. The predicted molar refractivity (Wildman–Crippen MR) is 58.3 cm³/mol. The van der Waals surface area contributed by atoms with Gasteiger partial charge in [-0.2, -0.15) is 0 Å². The summed E-state index contributed by atoms with van der Waals surface area (Å²) in [6, 6.07) is 7.64. The molecule has 4 heteroatoms. The van der Waals surface area contributed by atoms with Crippen molar-refractivity contribution in [2.75, 3.05) is 0 Å². The molecule has 1 aromatic carbocycles. The highest BCUT2D eigenvalue weighted by molar-refractivity contribution is 5.85. The maximum Gasteiger partial charge on any atom is 0.336 e. The third-order valence-corrected chi connectivity index (χ3v) is 1.98. The first-order valence-electron chi connectivity index (χ1n) is 4.57. The molecule has 1 aromatic heterocycles. The summed E-state index contributed by atoms with van der Waals surface area (Å²) < 4.78 is 9.86. The van der Waals surface area contributed by atoms with Crippen LogP contribution in [0, 0.1) is 0 Å². The second kappa shape index (κ2) is 4.02. The Balaban J connectivity index is 2.44. The van der Waals surface area contributed by atoms with Crippen LogP contribution in [0.15, 0.2) is 52.2 Å². The van der Waals surface area contributed by atoms with Crippen LogP contribution in [0.1, 0.15) is 0 Å². The first-order valence-corrected chi connectivity index (χ1v) is 4.57. The number of ether oxygens (including phenoxy) is 1. The van der Waals surface area contributed by atoms with Gasteiger partial charge in [0, 0.05) is 17.5 Å². The molecule has 0 fully saturated rings. The molecule has 0 N–H and O–H groups in total. The van der Waals surface area contributed by atoms with Gasteiger partial charge >= 0.3 is 11.6 Å². The van der Waals surface area contributed by atoms with Gasteiger partial charge in [-0.15, -0.1) is 0 Å². The lowest BCUT2D eigenvalue weighted by Gasteiger charge is -2.01. The molecule has 0 radical (unpaired) electrons. The molecule has 0 saturated carbocycles. The Hall–Kier alpha value is -2.36. The highest BCUT2D eigenvalue weighted by Gasteiger charge is 2.02. The zero-order chi connectivity index (χ0) is 11.5. The fraction of sp³-hybridized carbons (Fsp3) is 0. The van der Waals surface area contributed by atoms with Crippen molar-refractivity contribution < 1.29 is 13.9 Å². The average molecular weight is 216 g/mol. The summed E-state index contributed by atoms with van der Waals surface area (Å²) in [4.78, 5) is 21.9. The Labute approximate surface area is 90.8 Å². The standard InChI is InChI=1S/C12H8O4/c1-2-11(13)15-9-4-5-10-8(7-9)3-6-12(14)16-10/h2-7H,1H2. The van der Waals surface area contributed by atoms with Crippen LogP contribution in [0.3, 0.4) is 0 Å². The Bertz CT molecular complexity index is 610. The topological polar surface area (TPSA) is 56.5 Å². The number of fused-ring (bicyclic) bond motifs is 1. The van der Waals surface area contributed by atoms with E-state index >= 15 is 0 Å². The lowest BCUT2D eigenvalue weighted by Crippen LogP contribution is -2.03. The molecule has 0 aliphatic heterocycles. The highest BCUT2D eigenvalue weighted by Crippen LogP contribution is 2.19. The molecule has 0 aliphatic rings. The number of esters is 1. The monoisotopic (exact) mass is 216 g/mol. The Morgan fingerprint density at radius 3 is 2.88 bits per heavy atom. The number of rotatable bonds is 2. The third-order valence-electron chi connectivity index (χ3n) is 1.98. The molecule has 2 aromatic rings. The lowest BCUT2D eigenvalue weighted by molar-refractivity contribution is -0.128. The maximum absolute atomic E-state index is 11.0. The number of hydrogen-bond acceptors (Lipinski definition) is 4. The van der Waals surface area contributed by atoms with Gasteiger partial charge in [-0.05, 0) is 24.3 Å². The SMILES string of the molecule is C=CC(=O)Oc1ccc2oc(=O)ccc2c1. The van der Waals surface area contributed by atoms with E-state index in [4.69, 9.17) is 9.15 Å². The van der Waals surface area contributed by atoms with E-state index in [2.05, 4.69) is 6.58 Å². The van der Waals surface area contributed by atoms with E-state index in [1.807, 2.05) is 0 Å². The molecule has 0 saturated heterocycles. The van der Waals surface area contributed by atoms with Crippen molar-refractivity contribution >= 4 is 16.9 Å².